The summed E-state index contributed by atoms with van der Waals surface area (Å²) in [5.74, 6) is -1.39. The summed E-state index contributed by atoms with van der Waals surface area (Å²) < 4.78 is 40.1. The van der Waals surface area contributed by atoms with Crippen molar-refractivity contribution < 1.29 is 17.6 Å². The molecule has 0 saturated heterocycles. The number of halogens is 2. The number of carbonyl (C=O) groups is 1. The van der Waals surface area contributed by atoms with Gasteiger partial charge in [-0.1, -0.05) is 17.7 Å². The van der Waals surface area contributed by atoms with Crippen LogP contribution in [0.5, 0.6) is 0 Å². The molecule has 2 heterocycles. The molecule has 1 saturated carbocycles. The molecule has 1 aliphatic carbocycles. The van der Waals surface area contributed by atoms with E-state index >= 15 is 0 Å². The summed E-state index contributed by atoms with van der Waals surface area (Å²) in [6.07, 6.45) is 1.94. The van der Waals surface area contributed by atoms with E-state index in [1.165, 1.54) is 27.8 Å². The molecule has 10 heteroatoms. The summed E-state index contributed by atoms with van der Waals surface area (Å²) in [7, 11) is -3.24. The lowest BCUT2D eigenvalue weighted by Gasteiger charge is -2.25. The van der Waals surface area contributed by atoms with Crippen molar-refractivity contribution in [1.82, 2.24) is 9.29 Å². The smallest absolute Gasteiger partial charge is 0.261 e. The van der Waals surface area contributed by atoms with Crippen LogP contribution in [0, 0.1) is 5.82 Å². The third kappa shape index (κ3) is 3.24. The van der Waals surface area contributed by atoms with Crippen molar-refractivity contribution in [1.29, 1.82) is 0 Å². The highest BCUT2D eigenvalue weighted by Gasteiger charge is 2.41. The Labute approximate surface area is 159 Å². The van der Waals surface area contributed by atoms with Gasteiger partial charge in [0.1, 0.15) is 5.82 Å². The number of hydrogen-bond acceptors (Lipinski definition) is 5. The lowest BCUT2D eigenvalue weighted by molar-refractivity contribution is 0.102. The first-order valence-electron chi connectivity index (χ1n) is 8.09. The number of sulfonamides is 1. The first kappa shape index (κ1) is 17.8. The predicted octanol–water partition coefficient (Wildman–Crippen LogP) is 3.04. The van der Waals surface area contributed by atoms with Gasteiger partial charge in [0.25, 0.3) is 5.91 Å². The zero-order valence-electron chi connectivity index (χ0n) is 13.5. The molecule has 1 fully saturated rings. The van der Waals surface area contributed by atoms with E-state index < -0.39 is 21.7 Å². The molecule has 0 atom stereocenters. The van der Waals surface area contributed by atoms with Crippen molar-refractivity contribution in [3.63, 3.8) is 0 Å². The van der Waals surface area contributed by atoms with Crippen molar-refractivity contribution in [3.8, 4) is 0 Å². The molecule has 1 N–H and O–H groups in total. The molecule has 0 bridgehead atoms. The molecule has 1 aromatic carbocycles. The number of rotatable bonds is 4. The Morgan fingerprint density at radius 2 is 2.15 bits per heavy atom. The summed E-state index contributed by atoms with van der Waals surface area (Å²) in [4.78, 5) is 17.5. The molecule has 6 nitrogen and oxygen atoms in total. The van der Waals surface area contributed by atoms with E-state index in [-0.39, 0.29) is 22.4 Å². The Morgan fingerprint density at radius 1 is 1.38 bits per heavy atom. The highest BCUT2D eigenvalue weighted by Crippen LogP contribution is 2.36. The predicted molar refractivity (Wildman–Crippen MR) is 97.5 cm³/mol. The standard InChI is InChI=1S/C16H15ClFN3O3S2/c17-10-2-1-3-11(18)14(10)15(22)20-16-19-12-6-7-21(8-13(12)25-16)26(23,24)9-4-5-9/h1-3,9H,4-8H2,(H,19,20,22). The van der Waals surface area contributed by atoms with Gasteiger partial charge >= 0.3 is 0 Å². The Bertz CT molecular complexity index is 968. The highest BCUT2D eigenvalue weighted by atomic mass is 35.5. The fraction of sp³-hybridized carbons (Fsp3) is 0.375. The van der Waals surface area contributed by atoms with Gasteiger partial charge in [0, 0.05) is 24.4 Å². The van der Waals surface area contributed by atoms with Crippen LogP contribution < -0.4 is 5.32 Å². The minimum Gasteiger partial charge on any atom is -0.298 e. The molecule has 4 rings (SSSR count). The fourth-order valence-corrected chi connectivity index (χ4v) is 6.05. The Kier molecular flexibility index (Phi) is 4.50. The van der Waals surface area contributed by atoms with Crippen LogP contribution >= 0.6 is 22.9 Å². The van der Waals surface area contributed by atoms with Crippen molar-refractivity contribution in [2.75, 3.05) is 11.9 Å². The fourth-order valence-electron chi connectivity index (χ4n) is 2.89. The summed E-state index contributed by atoms with van der Waals surface area (Å²) in [5.41, 5.74) is 0.535. The van der Waals surface area contributed by atoms with Gasteiger partial charge in [0.15, 0.2) is 5.13 Å². The summed E-state index contributed by atoms with van der Waals surface area (Å²) in [6.45, 7) is 0.657. The van der Waals surface area contributed by atoms with Crippen LogP contribution in [-0.2, 0) is 23.0 Å². The van der Waals surface area contributed by atoms with Gasteiger partial charge in [-0.05, 0) is 25.0 Å². The van der Waals surface area contributed by atoms with Crippen LogP contribution in [0.2, 0.25) is 5.02 Å². The van der Waals surface area contributed by atoms with Gasteiger partial charge in [0.05, 0.1) is 21.5 Å². The van der Waals surface area contributed by atoms with Crippen LogP contribution in [0.4, 0.5) is 9.52 Å². The molecule has 26 heavy (non-hydrogen) atoms. The van der Waals surface area contributed by atoms with Crippen LogP contribution in [0.3, 0.4) is 0 Å². The maximum atomic E-state index is 13.9. The van der Waals surface area contributed by atoms with E-state index in [9.17, 15) is 17.6 Å². The quantitative estimate of drug-likeness (QED) is 0.832. The van der Waals surface area contributed by atoms with Gasteiger partial charge in [-0.2, -0.15) is 4.31 Å². The highest BCUT2D eigenvalue weighted by molar-refractivity contribution is 7.90. The Balaban J connectivity index is 1.53. The lowest BCUT2D eigenvalue weighted by Crippen LogP contribution is -2.37. The molecule has 1 amide bonds. The summed E-state index contributed by atoms with van der Waals surface area (Å²) >= 11 is 7.11. The number of fused-ring (bicyclic) bond motifs is 1. The number of aromatic nitrogens is 1. The van der Waals surface area contributed by atoms with Crippen molar-refractivity contribution in [2.24, 2.45) is 0 Å². The van der Waals surface area contributed by atoms with E-state index in [4.69, 9.17) is 11.6 Å². The molecular formula is C16H15ClFN3O3S2. The van der Waals surface area contributed by atoms with Crippen molar-refractivity contribution >= 4 is 44.0 Å². The maximum absolute atomic E-state index is 13.9. The lowest BCUT2D eigenvalue weighted by atomic mass is 10.2. The second kappa shape index (κ2) is 6.56. The van der Waals surface area contributed by atoms with Gasteiger partial charge in [-0.15, -0.1) is 11.3 Å². The zero-order valence-corrected chi connectivity index (χ0v) is 15.9. The zero-order chi connectivity index (χ0) is 18.5. The Morgan fingerprint density at radius 3 is 2.85 bits per heavy atom. The number of hydrogen-bond donors (Lipinski definition) is 1. The SMILES string of the molecule is O=C(Nc1nc2c(s1)CN(S(=O)(=O)C1CC1)CC2)c1c(F)cccc1Cl. The minimum atomic E-state index is -3.24. The summed E-state index contributed by atoms with van der Waals surface area (Å²) in [6, 6.07) is 4.02. The normalized spacial score (nSPS) is 17.8. The third-order valence-corrected chi connectivity index (χ3v) is 8.07. The van der Waals surface area contributed by atoms with Gasteiger partial charge in [0.2, 0.25) is 10.0 Å². The number of nitrogens with one attached hydrogen (secondary N) is 1. The second-order valence-electron chi connectivity index (χ2n) is 6.27. The number of amides is 1. The van der Waals surface area contributed by atoms with Crippen LogP contribution in [-0.4, -0.2) is 35.4 Å². The molecule has 2 aliphatic rings. The topological polar surface area (TPSA) is 79.4 Å². The van der Waals surface area contributed by atoms with Crippen molar-refractivity contribution in [3.05, 3.63) is 45.2 Å². The first-order valence-corrected chi connectivity index (χ1v) is 10.8. The Hall–Kier alpha value is -1.55. The van der Waals surface area contributed by atoms with Gasteiger partial charge in [-0.3, -0.25) is 10.1 Å². The maximum Gasteiger partial charge on any atom is 0.261 e. The molecule has 1 aliphatic heterocycles. The molecule has 1 aromatic heterocycles. The number of carbonyl (C=O) groups excluding carboxylic acids is 1. The molecule has 0 radical (unpaired) electrons. The third-order valence-electron chi connectivity index (χ3n) is 4.41. The van der Waals surface area contributed by atoms with Crippen LogP contribution in [0.25, 0.3) is 0 Å². The average molecular weight is 416 g/mol. The largest absolute Gasteiger partial charge is 0.298 e. The monoisotopic (exact) mass is 415 g/mol. The van der Waals surface area contributed by atoms with E-state index in [2.05, 4.69) is 10.3 Å². The molecular weight excluding hydrogens is 401 g/mol. The van der Waals surface area contributed by atoms with E-state index in [0.29, 0.717) is 18.1 Å². The van der Waals surface area contributed by atoms with Crippen molar-refractivity contribution in [2.45, 2.75) is 31.1 Å². The minimum absolute atomic E-state index is 0.0190. The summed E-state index contributed by atoms with van der Waals surface area (Å²) in [5, 5.41) is 2.64. The molecule has 2 aromatic rings. The van der Waals surface area contributed by atoms with Crippen LogP contribution in [0.15, 0.2) is 18.2 Å². The molecule has 0 unspecified atom stereocenters. The number of benzene rings is 1. The first-order chi connectivity index (χ1) is 12.4. The van der Waals surface area contributed by atoms with E-state index in [1.807, 2.05) is 0 Å². The second-order valence-corrected chi connectivity index (χ2v) is 9.97. The molecule has 0 spiro atoms. The average Bonchev–Trinajstić information content (AvgIpc) is 3.36. The van der Waals surface area contributed by atoms with Gasteiger partial charge < -0.3 is 0 Å². The molecule has 138 valence electrons. The van der Waals surface area contributed by atoms with Gasteiger partial charge in [-0.25, -0.2) is 17.8 Å². The van der Waals surface area contributed by atoms with E-state index in [0.717, 1.165) is 29.5 Å². The number of thiazole rings is 1. The van der Waals surface area contributed by atoms with Crippen LogP contribution in [0.1, 0.15) is 33.8 Å². The number of anilines is 1. The number of nitrogens with zero attached hydrogens (tertiary/aromatic N) is 2. The van der Waals surface area contributed by atoms with E-state index in [1.54, 1.807) is 0 Å².